The topological polar surface area (TPSA) is 76.0 Å². The highest BCUT2D eigenvalue weighted by Crippen LogP contribution is 2.16. The van der Waals surface area contributed by atoms with Crippen molar-refractivity contribution in [3.63, 3.8) is 0 Å². The predicted octanol–water partition coefficient (Wildman–Crippen LogP) is 2.51. The zero-order valence-corrected chi connectivity index (χ0v) is 14.6. The van der Waals surface area contributed by atoms with Crippen LogP contribution in [0.4, 0.5) is 18.9 Å². The second-order valence-corrected chi connectivity index (χ2v) is 5.88. The van der Waals surface area contributed by atoms with Gasteiger partial charge >= 0.3 is 6.18 Å². The molecule has 0 fully saturated rings. The molecule has 2 N–H and O–H groups in total. The Bertz CT molecular complexity index is 828. The van der Waals surface area contributed by atoms with Crippen molar-refractivity contribution in [2.45, 2.75) is 26.4 Å². The number of rotatable bonds is 5. The molecule has 9 heteroatoms. The van der Waals surface area contributed by atoms with E-state index in [1.807, 2.05) is 6.92 Å². The molecule has 0 atom stereocenters. The molecule has 2 rings (SSSR count). The van der Waals surface area contributed by atoms with Crippen LogP contribution in [0.25, 0.3) is 0 Å². The summed E-state index contributed by atoms with van der Waals surface area (Å²) in [6, 6.07) is 5.74. The van der Waals surface area contributed by atoms with E-state index in [1.54, 1.807) is 30.0 Å². The maximum Gasteiger partial charge on any atom is 0.405 e. The molecule has 0 aliphatic carbocycles. The molecule has 1 aromatic heterocycles. The van der Waals surface area contributed by atoms with Crippen LogP contribution in [0.5, 0.6) is 0 Å². The van der Waals surface area contributed by atoms with Crippen LogP contribution in [0.3, 0.4) is 0 Å². The van der Waals surface area contributed by atoms with Crippen LogP contribution >= 0.6 is 0 Å². The Balaban J connectivity index is 2.03. The Kier molecular flexibility index (Phi) is 5.69. The van der Waals surface area contributed by atoms with Crippen LogP contribution in [-0.4, -0.2) is 34.3 Å². The monoisotopic (exact) mass is 368 g/mol. The minimum Gasteiger partial charge on any atom is -0.343 e. The number of benzene rings is 1. The van der Waals surface area contributed by atoms with E-state index in [0.717, 1.165) is 17.0 Å². The quantitative estimate of drug-likeness (QED) is 0.852. The van der Waals surface area contributed by atoms with Gasteiger partial charge in [-0.15, -0.1) is 0 Å². The van der Waals surface area contributed by atoms with Crippen molar-refractivity contribution in [1.29, 1.82) is 0 Å². The smallest absolute Gasteiger partial charge is 0.343 e. The van der Waals surface area contributed by atoms with Crippen molar-refractivity contribution in [3.8, 4) is 0 Å². The maximum atomic E-state index is 12.2. The summed E-state index contributed by atoms with van der Waals surface area (Å²) in [7, 11) is 1.78. The molecule has 2 aromatic rings. The number of halogens is 3. The fourth-order valence-corrected chi connectivity index (χ4v) is 2.46. The van der Waals surface area contributed by atoms with Crippen molar-refractivity contribution in [2.75, 3.05) is 11.9 Å². The summed E-state index contributed by atoms with van der Waals surface area (Å²) in [4.78, 5) is 24.0. The van der Waals surface area contributed by atoms with E-state index in [0.29, 0.717) is 5.69 Å². The average Bonchev–Trinajstić information content (AvgIpc) is 2.78. The summed E-state index contributed by atoms with van der Waals surface area (Å²) in [6.45, 7) is 2.25. The van der Waals surface area contributed by atoms with Crippen LogP contribution < -0.4 is 10.6 Å². The van der Waals surface area contributed by atoms with Crippen LogP contribution in [0.15, 0.2) is 24.3 Å². The van der Waals surface area contributed by atoms with E-state index in [-0.39, 0.29) is 17.9 Å². The lowest BCUT2D eigenvalue weighted by Gasteiger charge is -2.10. The molecular formula is C17H19F3N4O2. The minimum atomic E-state index is -4.49. The van der Waals surface area contributed by atoms with Gasteiger partial charge in [0.2, 0.25) is 5.91 Å². The highest BCUT2D eigenvalue weighted by molar-refractivity contribution is 5.97. The van der Waals surface area contributed by atoms with Crippen LogP contribution in [0.1, 0.15) is 27.3 Å². The first-order chi connectivity index (χ1) is 12.1. The fourth-order valence-electron chi connectivity index (χ4n) is 2.46. The van der Waals surface area contributed by atoms with E-state index in [9.17, 15) is 22.8 Å². The number of alkyl halides is 3. The number of hydrogen-bond donors (Lipinski definition) is 2. The molecule has 0 saturated heterocycles. The Hall–Kier alpha value is -2.84. The van der Waals surface area contributed by atoms with Gasteiger partial charge in [-0.05, 0) is 32.0 Å². The Labute approximate surface area is 148 Å². The number of hydrogen-bond acceptors (Lipinski definition) is 3. The molecular weight excluding hydrogens is 349 g/mol. The minimum absolute atomic E-state index is 0.0285. The summed E-state index contributed by atoms with van der Waals surface area (Å²) in [5, 5.41) is 8.67. The third-order valence-corrected chi connectivity index (χ3v) is 3.85. The molecule has 26 heavy (non-hydrogen) atoms. The number of carbonyl (C=O) groups excluding carboxylic acids is 2. The SMILES string of the molecule is Cc1nn(C)c(C)c1CC(=O)Nc1cccc(C(=O)NCC(F)(F)F)c1. The van der Waals surface area contributed by atoms with Crippen LogP contribution in [-0.2, 0) is 18.3 Å². The standard InChI is InChI=1S/C17H19F3N4O2/c1-10-14(11(2)24(3)23-10)8-15(25)22-13-6-4-5-12(7-13)16(26)21-9-17(18,19)20/h4-7H,8-9H2,1-3H3,(H,21,26)(H,22,25). The third kappa shape index (κ3) is 5.08. The molecule has 0 aliphatic heterocycles. The van der Waals surface area contributed by atoms with Crippen molar-refractivity contribution in [2.24, 2.45) is 7.05 Å². The fraction of sp³-hybridized carbons (Fsp3) is 0.353. The number of amides is 2. The lowest BCUT2D eigenvalue weighted by Crippen LogP contribution is -2.33. The lowest BCUT2D eigenvalue weighted by atomic mass is 10.1. The molecule has 6 nitrogen and oxygen atoms in total. The highest BCUT2D eigenvalue weighted by Gasteiger charge is 2.27. The zero-order valence-electron chi connectivity index (χ0n) is 14.6. The molecule has 0 saturated carbocycles. The molecule has 140 valence electrons. The number of aryl methyl sites for hydroxylation is 2. The van der Waals surface area contributed by atoms with E-state index >= 15 is 0 Å². The van der Waals surface area contributed by atoms with Gasteiger partial charge in [0, 0.05) is 29.6 Å². The predicted molar refractivity (Wildman–Crippen MR) is 89.8 cm³/mol. The maximum absolute atomic E-state index is 12.2. The van der Waals surface area contributed by atoms with Gasteiger partial charge in [-0.25, -0.2) is 0 Å². The summed E-state index contributed by atoms with van der Waals surface area (Å²) in [5.41, 5.74) is 2.79. The molecule has 0 unspecified atom stereocenters. The molecule has 0 radical (unpaired) electrons. The van der Waals surface area contributed by atoms with Gasteiger partial charge in [-0.3, -0.25) is 14.3 Å². The second-order valence-electron chi connectivity index (χ2n) is 5.88. The number of carbonyl (C=O) groups is 2. The number of nitrogens with one attached hydrogen (secondary N) is 2. The van der Waals surface area contributed by atoms with Gasteiger partial charge in [0.15, 0.2) is 0 Å². The molecule has 1 aromatic carbocycles. The first-order valence-electron chi connectivity index (χ1n) is 7.81. The van der Waals surface area contributed by atoms with Crippen molar-refractivity contribution in [1.82, 2.24) is 15.1 Å². The zero-order chi connectivity index (χ0) is 19.5. The lowest BCUT2D eigenvalue weighted by molar-refractivity contribution is -0.123. The molecule has 2 amide bonds. The third-order valence-electron chi connectivity index (χ3n) is 3.85. The summed E-state index contributed by atoms with van der Waals surface area (Å²) in [5.74, 6) is -1.17. The van der Waals surface area contributed by atoms with Gasteiger partial charge in [-0.2, -0.15) is 18.3 Å². The Morgan fingerprint density at radius 2 is 1.92 bits per heavy atom. The highest BCUT2D eigenvalue weighted by atomic mass is 19.4. The summed E-state index contributed by atoms with van der Waals surface area (Å²) in [6.07, 6.45) is -4.38. The summed E-state index contributed by atoms with van der Waals surface area (Å²) < 4.78 is 38.2. The van der Waals surface area contributed by atoms with Crippen molar-refractivity contribution in [3.05, 3.63) is 46.8 Å². The second kappa shape index (κ2) is 7.59. The van der Waals surface area contributed by atoms with Crippen LogP contribution in [0.2, 0.25) is 0 Å². The van der Waals surface area contributed by atoms with Crippen molar-refractivity contribution < 1.29 is 22.8 Å². The van der Waals surface area contributed by atoms with E-state index in [1.165, 1.54) is 18.2 Å². The van der Waals surface area contributed by atoms with Gasteiger partial charge in [0.25, 0.3) is 5.91 Å². The van der Waals surface area contributed by atoms with Crippen molar-refractivity contribution >= 4 is 17.5 Å². The van der Waals surface area contributed by atoms with E-state index in [2.05, 4.69) is 10.4 Å². The Morgan fingerprint density at radius 1 is 1.23 bits per heavy atom. The van der Waals surface area contributed by atoms with Gasteiger partial charge in [0.1, 0.15) is 6.54 Å². The summed E-state index contributed by atoms with van der Waals surface area (Å²) >= 11 is 0. The normalized spacial score (nSPS) is 11.3. The van der Waals surface area contributed by atoms with Gasteiger partial charge in [0.05, 0.1) is 12.1 Å². The van der Waals surface area contributed by atoms with E-state index in [4.69, 9.17) is 0 Å². The molecule has 0 bridgehead atoms. The van der Waals surface area contributed by atoms with Crippen LogP contribution in [0, 0.1) is 13.8 Å². The van der Waals surface area contributed by atoms with Gasteiger partial charge in [-0.1, -0.05) is 6.07 Å². The average molecular weight is 368 g/mol. The Morgan fingerprint density at radius 3 is 2.50 bits per heavy atom. The molecule has 1 heterocycles. The van der Waals surface area contributed by atoms with E-state index < -0.39 is 18.6 Å². The first kappa shape index (κ1) is 19.5. The first-order valence-corrected chi connectivity index (χ1v) is 7.81. The number of nitrogens with zero attached hydrogens (tertiary/aromatic N) is 2. The number of aromatic nitrogens is 2. The molecule has 0 aliphatic rings. The molecule has 0 spiro atoms. The van der Waals surface area contributed by atoms with Gasteiger partial charge < -0.3 is 10.6 Å². The largest absolute Gasteiger partial charge is 0.405 e. The number of anilines is 1.